The topological polar surface area (TPSA) is 71.8 Å². The molecule has 0 aromatic carbocycles. The highest BCUT2D eigenvalue weighted by atomic mass is 35.5. The molecule has 0 fully saturated rings. The molecule has 12 heteroatoms. The van der Waals surface area contributed by atoms with Crippen molar-refractivity contribution in [1.29, 1.82) is 0 Å². The zero-order valence-corrected chi connectivity index (χ0v) is 15.7. The van der Waals surface area contributed by atoms with Crippen molar-refractivity contribution in [2.75, 3.05) is 20.1 Å². The predicted octanol–water partition coefficient (Wildman–Crippen LogP) is 3.35. The summed E-state index contributed by atoms with van der Waals surface area (Å²) in [4.78, 5) is 15.9. The quantitative estimate of drug-likeness (QED) is 0.687. The highest BCUT2D eigenvalue weighted by Crippen LogP contribution is 2.34. The van der Waals surface area contributed by atoms with Crippen molar-refractivity contribution in [3.63, 3.8) is 0 Å². The van der Waals surface area contributed by atoms with Crippen LogP contribution >= 0.6 is 35.6 Å². The van der Waals surface area contributed by atoms with Crippen molar-refractivity contribution >= 4 is 41.5 Å². The molecule has 0 bridgehead atoms. The molecule has 144 valence electrons. The van der Waals surface area contributed by atoms with E-state index in [0.717, 1.165) is 12.4 Å². The number of hydrogen-bond acceptors (Lipinski definition) is 4. The Morgan fingerprint density at radius 2 is 1.96 bits per heavy atom. The molecule has 2 heterocycles. The zero-order chi connectivity index (χ0) is 18.6. The van der Waals surface area contributed by atoms with Gasteiger partial charge in [0.05, 0.1) is 21.8 Å². The molecule has 2 rings (SSSR count). The first-order chi connectivity index (χ1) is 11.8. The first kappa shape index (κ1) is 22.5. The Hall–Kier alpha value is -1.55. The normalized spacial score (nSPS) is 11.2. The molecule has 2 aromatic heterocycles. The van der Waals surface area contributed by atoms with Gasteiger partial charge in [-0.05, 0) is 26.1 Å². The lowest BCUT2D eigenvalue weighted by Crippen LogP contribution is -2.29. The van der Waals surface area contributed by atoms with Crippen molar-refractivity contribution in [3.05, 3.63) is 39.8 Å². The Balaban J connectivity index is 0.00000338. The Morgan fingerprint density at radius 3 is 2.54 bits per heavy atom. The largest absolute Gasteiger partial charge is 0.434 e. The van der Waals surface area contributed by atoms with Gasteiger partial charge in [-0.2, -0.15) is 18.3 Å². The maximum Gasteiger partial charge on any atom is 0.434 e. The SMILES string of the molecule is CNCCCNC(=O)c1cnn(-c2ncc(Cl)cc2Cl)c1C(F)(F)F.Cl. The molecule has 0 atom stereocenters. The molecule has 0 aliphatic carbocycles. The number of carbonyl (C=O) groups excluding carboxylic acids is 1. The van der Waals surface area contributed by atoms with Crippen LogP contribution in [-0.4, -0.2) is 40.8 Å². The monoisotopic (exact) mass is 431 g/mol. The van der Waals surface area contributed by atoms with Crippen molar-refractivity contribution in [1.82, 2.24) is 25.4 Å². The van der Waals surface area contributed by atoms with Crippen molar-refractivity contribution in [2.24, 2.45) is 0 Å². The highest BCUT2D eigenvalue weighted by molar-refractivity contribution is 6.35. The van der Waals surface area contributed by atoms with Gasteiger partial charge in [-0.1, -0.05) is 23.2 Å². The Bertz CT molecular complexity index is 767. The molecule has 0 spiro atoms. The van der Waals surface area contributed by atoms with Crippen LogP contribution in [0.1, 0.15) is 22.5 Å². The average molecular weight is 433 g/mol. The van der Waals surface area contributed by atoms with Gasteiger partial charge in [0.25, 0.3) is 5.91 Å². The fourth-order valence-electron chi connectivity index (χ4n) is 2.07. The van der Waals surface area contributed by atoms with Gasteiger partial charge in [0.2, 0.25) is 0 Å². The number of carbonyl (C=O) groups is 1. The van der Waals surface area contributed by atoms with Crippen LogP contribution in [-0.2, 0) is 6.18 Å². The summed E-state index contributed by atoms with van der Waals surface area (Å²) in [6, 6.07) is 1.24. The summed E-state index contributed by atoms with van der Waals surface area (Å²) >= 11 is 11.6. The smallest absolute Gasteiger partial charge is 0.352 e. The molecule has 0 saturated carbocycles. The number of nitrogens with one attached hydrogen (secondary N) is 2. The summed E-state index contributed by atoms with van der Waals surface area (Å²) in [6.07, 6.45) is -2.29. The molecule has 0 saturated heterocycles. The van der Waals surface area contributed by atoms with Gasteiger partial charge in [-0.25, -0.2) is 9.67 Å². The third kappa shape index (κ3) is 5.23. The van der Waals surface area contributed by atoms with E-state index >= 15 is 0 Å². The average Bonchev–Trinajstić information content (AvgIpc) is 2.96. The molecule has 0 unspecified atom stereocenters. The number of pyridine rings is 1. The van der Waals surface area contributed by atoms with E-state index in [0.29, 0.717) is 17.6 Å². The van der Waals surface area contributed by atoms with Gasteiger partial charge in [-0.15, -0.1) is 12.4 Å². The molecule has 2 N–H and O–H groups in total. The zero-order valence-electron chi connectivity index (χ0n) is 13.4. The van der Waals surface area contributed by atoms with Crippen molar-refractivity contribution in [3.8, 4) is 5.82 Å². The molecule has 6 nitrogen and oxygen atoms in total. The lowest BCUT2D eigenvalue weighted by molar-refractivity contribution is -0.143. The fraction of sp³-hybridized carbons (Fsp3) is 0.357. The lowest BCUT2D eigenvalue weighted by atomic mass is 10.2. The summed E-state index contributed by atoms with van der Waals surface area (Å²) < 4.78 is 41.0. The second-order valence-electron chi connectivity index (χ2n) is 4.99. The van der Waals surface area contributed by atoms with Crippen molar-refractivity contribution in [2.45, 2.75) is 12.6 Å². The maximum atomic E-state index is 13.5. The lowest BCUT2D eigenvalue weighted by Gasteiger charge is -2.13. The van der Waals surface area contributed by atoms with Gasteiger partial charge in [-0.3, -0.25) is 4.79 Å². The second-order valence-corrected chi connectivity index (χ2v) is 5.83. The van der Waals surface area contributed by atoms with Gasteiger partial charge in [0.1, 0.15) is 0 Å². The molecular weight excluding hydrogens is 418 g/mol. The standard InChI is InChI=1S/C14H14Cl2F3N5O.ClH/c1-20-3-2-4-21-13(25)9-7-23-24(11(9)14(17,18)19)12-10(16)5-8(15)6-22-12;/h5-7,20H,2-4H2,1H3,(H,21,25);1H. The van der Waals surface area contributed by atoms with Crippen LogP contribution in [0.2, 0.25) is 10.0 Å². The summed E-state index contributed by atoms with van der Waals surface area (Å²) in [5.74, 6) is -1.15. The van der Waals surface area contributed by atoms with Crippen LogP contribution in [0, 0.1) is 0 Å². The van der Waals surface area contributed by atoms with Gasteiger partial charge in [0, 0.05) is 12.7 Å². The summed E-state index contributed by atoms with van der Waals surface area (Å²) in [7, 11) is 1.73. The number of aromatic nitrogens is 3. The first-order valence-corrected chi connectivity index (χ1v) is 7.90. The molecule has 0 aliphatic rings. The van der Waals surface area contributed by atoms with Crippen LogP contribution in [0.5, 0.6) is 0 Å². The predicted molar refractivity (Wildman–Crippen MR) is 94.5 cm³/mol. The van der Waals surface area contributed by atoms with E-state index in [-0.39, 0.29) is 34.8 Å². The third-order valence-corrected chi connectivity index (χ3v) is 3.65. The number of alkyl halides is 3. The summed E-state index contributed by atoms with van der Waals surface area (Å²) in [5, 5.41) is 8.98. The maximum absolute atomic E-state index is 13.5. The van der Waals surface area contributed by atoms with E-state index in [1.807, 2.05) is 0 Å². The van der Waals surface area contributed by atoms with E-state index in [1.165, 1.54) is 6.07 Å². The van der Waals surface area contributed by atoms with E-state index in [4.69, 9.17) is 23.2 Å². The van der Waals surface area contributed by atoms with E-state index < -0.39 is 23.3 Å². The number of nitrogens with zero attached hydrogens (tertiary/aromatic N) is 3. The van der Waals surface area contributed by atoms with Crippen LogP contribution < -0.4 is 10.6 Å². The minimum atomic E-state index is -4.83. The number of hydrogen-bond donors (Lipinski definition) is 2. The third-order valence-electron chi connectivity index (χ3n) is 3.16. The summed E-state index contributed by atoms with van der Waals surface area (Å²) in [6.45, 7) is 0.845. The molecular formula is C14H15Cl3F3N5O. The van der Waals surface area contributed by atoms with E-state index in [2.05, 4.69) is 20.7 Å². The molecule has 26 heavy (non-hydrogen) atoms. The Labute approximate surface area is 163 Å². The highest BCUT2D eigenvalue weighted by Gasteiger charge is 2.41. The van der Waals surface area contributed by atoms with Crippen LogP contribution in [0.25, 0.3) is 5.82 Å². The van der Waals surface area contributed by atoms with Gasteiger partial charge < -0.3 is 10.6 Å². The number of halogens is 6. The van der Waals surface area contributed by atoms with Crippen LogP contribution in [0.3, 0.4) is 0 Å². The van der Waals surface area contributed by atoms with Crippen LogP contribution in [0.4, 0.5) is 13.2 Å². The molecule has 0 radical (unpaired) electrons. The number of rotatable bonds is 6. The summed E-state index contributed by atoms with van der Waals surface area (Å²) in [5.41, 5.74) is -1.86. The minimum absolute atomic E-state index is 0. The second kappa shape index (κ2) is 9.40. The molecule has 1 amide bonds. The first-order valence-electron chi connectivity index (χ1n) is 7.15. The minimum Gasteiger partial charge on any atom is -0.352 e. The van der Waals surface area contributed by atoms with E-state index in [9.17, 15) is 18.0 Å². The van der Waals surface area contributed by atoms with Gasteiger partial charge >= 0.3 is 6.18 Å². The van der Waals surface area contributed by atoms with Crippen molar-refractivity contribution < 1.29 is 18.0 Å². The fourth-order valence-corrected chi connectivity index (χ4v) is 2.53. The van der Waals surface area contributed by atoms with Crippen LogP contribution in [0.15, 0.2) is 18.5 Å². The Morgan fingerprint density at radius 1 is 1.27 bits per heavy atom. The molecule has 0 aliphatic heterocycles. The van der Waals surface area contributed by atoms with E-state index in [1.54, 1.807) is 7.05 Å². The number of amides is 1. The Kier molecular flexibility index (Phi) is 8.14. The molecule has 2 aromatic rings. The van der Waals surface area contributed by atoms with Gasteiger partial charge in [0.15, 0.2) is 11.5 Å².